The zero-order valence-electron chi connectivity index (χ0n) is 17.8. The van der Waals surface area contributed by atoms with Gasteiger partial charge in [0, 0.05) is 11.6 Å². The first kappa shape index (κ1) is 20.8. The summed E-state index contributed by atoms with van der Waals surface area (Å²) in [6.45, 7) is 0.512. The molecule has 1 saturated heterocycles. The first-order chi connectivity index (χ1) is 16.1. The number of benzene rings is 2. The summed E-state index contributed by atoms with van der Waals surface area (Å²) in [7, 11) is 1.59. The summed E-state index contributed by atoms with van der Waals surface area (Å²) in [4.78, 5) is 34.2. The highest BCUT2D eigenvalue weighted by Crippen LogP contribution is 2.23. The van der Waals surface area contributed by atoms with E-state index in [1.54, 1.807) is 19.2 Å². The number of methoxy groups -OCH3 is 1. The monoisotopic (exact) mass is 443 g/mol. The van der Waals surface area contributed by atoms with E-state index in [0.717, 1.165) is 5.56 Å². The van der Waals surface area contributed by atoms with Gasteiger partial charge >= 0.3 is 0 Å². The Hall–Kier alpha value is -4.11. The van der Waals surface area contributed by atoms with Crippen LogP contribution < -0.4 is 15.6 Å². The fourth-order valence-corrected chi connectivity index (χ4v) is 3.83. The highest BCUT2D eigenvalue weighted by Gasteiger charge is 2.33. The van der Waals surface area contributed by atoms with E-state index in [1.807, 2.05) is 42.5 Å². The van der Waals surface area contributed by atoms with Crippen molar-refractivity contribution in [3.8, 4) is 17.0 Å². The van der Waals surface area contributed by atoms with Gasteiger partial charge in [0.15, 0.2) is 0 Å². The van der Waals surface area contributed by atoms with Crippen molar-refractivity contribution in [3.63, 3.8) is 0 Å². The van der Waals surface area contributed by atoms with Gasteiger partial charge in [-0.05, 0) is 30.3 Å². The summed E-state index contributed by atoms with van der Waals surface area (Å²) in [6, 6.07) is 17.0. The average Bonchev–Trinajstić information content (AvgIpc) is 3.31. The van der Waals surface area contributed by atoms with E-state index in [2.05, 4.69) is 20.4 Å². The molecule has 0 aliphatic carbocycles. The van der Waals surface area contributed by atoms with Gasteiger partial charge < -0.3 is 14.8 Å². The molecule has 1 amide bonds. The minimum atomic E-state index is -0.458. The molecule has 5 rings (SSSR count). The van der Waals surface area contributed by atoms with Crippen molar-refractivity contribution < 1.29 is 14.3 Å². The van der Waals surface area contributed by atoms with E-state index in [9.17, 15) is 9.59 Å². The lowest BCUT2D eigenvalue weighted by molar-refractivity contribution is 0.0919. The molecule has 0 radical (unpaired) electrons. The van der Waals surface area contributed by atoms with Gasteiger partial charge in [0.1, 0.15) is 17.5 Å². The number of hydrogen-bond acceptors (Lipinski definition) is 7. The Bertz CT molecular complexity index is 1390. The van der Waals surface area contributed by atoms with Gasteiger partial charge in [-0.25, -0.2) is 9.67 Å². The summed E-state index contributed by atoms with van der Waals surface area (Å²) >= 11 is 0. The van der Waals surface area contributed by atoms with Crippen molar-refractivity contribution in [1.82, 2.24) is 25.1 Å². The molecular formula is C24H21N5O4. The van der Waals surface area contributed by atoms with Crippen molar-refractivity contribution in [2.75, 3.05) is 20.3 Å². The van der Waals surface area contributed by atoms with Crippen molar-refractivity contribution in [2.45, 2.75) is 12.1 Å². The summed E-state index contributed by atoms with van der Waals surface area (Å²) < 4.78 is 12.3. The Kier molecular flexibility index (Phi) is 5.54. The number of carbonyl (C=O) groups excluding carboxylic acids is 1. The Morgan fingerprint density at radius 3 is 2.79 bits per heavy atom. The Balaban J connectivity index is 1.41. The van der Waals surface area contributed by atoms with Crippen LogP contribution in [0.15, 0.2) is 71.7 Å². The number of carbonyl (C=O) groups is 1. The standard InChI is InChI=1S/C24H21N5O4/c1-32-16-6-4-5-15(11-16)17-9-10-23(30)29(28-17)22-14-33-13-21(22)27-24(31)20-12-25-18-7-2-3-8-19(18)26-20/h2-12,21-22H,13-14H2,1H3,(H,27,31). The number of rotatable bonds is 5. The lowest BCUT2D eigenvalue weighted by Crippen LogP contribution is -2.44. The van der Waals surface area contributed by atoms with Crippen LogP contribution in [-0.2, 0) is 4.74 Å². The molecule has 2 unspecified atom stereocenters. The first-order valence-electron chi connectivity index (χ1n) is 10.5. The molecule has 9 nitrogen and oxygen atoms in total. The minimum absolute atomic E-state index is 0.199. The molecule has 2 atom stereocenters. The molecule has 166 valence electrons. The van der Waals surface area contributed by atoms with E-state index >= 15 is 0 Å². The van der Waals surface area contributed by atoms with Crippen LogP contribution in [0.5, 0.6) is 5.75 Å². The second-order valence-corrected chi connectivity index (χ2v) is 7.66. The smallest absolute Gasteiger partial charge is 0.271 e. The molecule has 2 aromatic heterocycles. The van der Waals surface area contributed by atoms with Gasteiger partial charge in [-0.2, -0.15) is 5.10 Å². The second kappa shape index (κ2) is 8.79. The fourth-order valence-electron chi connectivity index (χ4n) is 3.83. The van der Waals surface area contributed by atoms with Gasteiger partial charge in [-0.15, -0.1) is 0 Å². The van der Waals surface area contributed by atoms with Crippen LogP contribution in [0.3, 0.4) is 0 Å². The summed E-state index contributed by atoms with van der Waals surface area (Å²) in [6.07, 6.45) is 1.44. The molecule has 9 heteroatoms. The van der Waals surface area contributed by atoms with Gasteiger partial charge in [0.25, 0.3) is 11.5 Å². The van der Waals surface area contributed by atoms with E-state index in [-0.39, 0.29) is 30.4 Å². The molecule has 33 heavy (non-hydrogen) atoms. The predicted octanol–water partition coefficient (Wildman–Crippen LogP) is 2.23. The third-order valence-corrected chi connectivity index (χ3v) is 5.55. The molecule has 3 heterocycles. The maximum atomic E-state index is 12.9. The van der Waals surface area contributed by atoms with Crippen molar-refractivity contribution in [1.29, 1.82) is 0 Å². The molecule has 2 aromatic carbocycles. The highest BCUT2D eigenvalue weighted by atomic mass is 16.5. The third-order valence-electron chi connectivity index (χ3n) is 5.55. The van der Waals surface area contributed by atoms with Gasteiger partial charge in [-0.3, -0.25) is 14.6 Å². The fraction of sp³-hybridized carbons (Fsp3) is 0.208. The van der Waals surface area contributed by atoms with Gasteiger partial charge in [0.05, 0.1) is 49.3 Å². The average molecular weight is 443 g/mol. The number of hydrogen-bond donors (Lipinski definition) is 1. The second-order valence-electron chi connectivity index (χ2n) is 7.66. The van der Waals surface area contributed by atoms with E-state index < -0.39 is 12.1 Å². The largest absolute Gasteiger partial charge is 0.497 e. The SMILES string of the molecule is COc1cccc(-c2ccc(=O)n(C3COCC3NC(=O)c3cnc4ccccc4n3)n2)c1. The van der Waals surface area contributed by atoms with Crippen LogP contribution in [0.1, 0.15) is 16.5 Å². The number of nitrogens with zero attached hydrogens (tertiary/aromatic N) is 4. The van der Waals surface area contributed by atoms with Gasteiger partial charge in [-0.1, -0.05) is 24.3 Å². The van der Waals surface area contributed by atoms with E-state index in [0.29, 0.717) is 22.5 Å². The molecule has 1 N–H and O–H groups in total. The molecule has 0 bridgehead atoms. The van der Waals surface area contributed by atoms with Crippen LogP contribution in [0.25, 0.3) is 22.3 Å². The zero-order chi connectivity index (χ0) is 22.8. The highest BCUT2D eigenvalue weighted by molar-refractivity contribution is 5.94. The quantitative estimate of drug-likeness (QED) is 0.504. The first-order valence-corrected chi connectivity index (χ1v) is 10.5. The number of fused-ring (bicyclic) bond motifs is 1. The number of amides is 1. The molecular weight excluding hydrogens is 422 g/mol. The van der Waals surface area contributed by atoms with Gasteiger partial charge in [0.2, 0.25) is 0 Å². The maximum Gasteiger partial charge on any atom is 0.271 e. The van der Waals surface area contributed by atoms with Crippen LogP contribution in [0.2, 0.25) is 0 Å². The van der Waals surface area contributed by atoms with E-state index in [4.69, 9.17) is 9.47 Å². The van der Waals surface area contributed by atoms with Crippen molar-refractivity contribution in [2.24, 2.45) is 0 Å². The Morgan fingerprint density at radius 1 is 1.09 bits per heavy atom. The van der Waals surface area contributed by atoms with Crippen LogP contribution in [0.4, 0.5) is 0 Å². The summed E-state index contributed by atoms with van der Waals surface area (Å²) in [5.41, 5.74) is 2.70. The molecule has 1 aliphatic rings. The lowest BCUT2D eigenvalue weighted by atomic mass is 10.1. The molecule has 4 aromatic rings. The van der Waals surface area contributed by atoms with Crippen LogP contribution >= 0.6 is 0 Å². The molecule has 1 fully saturated rings. The van der Waals surface area contributed by atoms with Crippen molar-refractivity contribution >= 4 is 16.9 Å². The summed E-state index contributed by atoms with van der Waals surface area (Å²) in [5, 5.41) is 7.49. The number of aromatic nitrogens is 4. The number of para-hydroxylation sites is 2. The number of nitrogens with one attached hydrogen (secondary N) is 1. The summed E-state index contributed by atoms with van der Waals surface area (Å²) in [5.74, 6) is 0.309. The normalized spacial score (nSPS) is 17.7. The van der Waals surface area contributed by atoms with Crippen LogP contribution in [-0.4, -0.2) is 52.0 Å². The zero-order valence-corrected chi connectivity index (χ0v) is 17.8. The molecule has 1 aliphatic heterocycles. The Morgan fingerprint density at radius 2 is 1.94 bits per heavy atom. The molecule has 0 spiro atoms. The van der Waals surface area contributed by atoms with Crippen molar-refractivity contribution in [3.05, 3.63) is 82.9 Å². The molecule has 0 saturated carbocycles. The Labute approximate surface area is 189 Å². The topological polar surface area (TPSA) is 108 Å². The maximum absolute atomic E-state index is 12.9. The predicted molar refractivity (Wildman–Crippen MR) is 121 cm³/mol. The van der Waals surface area contributed by atoms with E-state index in [1.165, 1.54) is 16.9 Å². The lowest BCUT2D eigenvalue weighted by Gasteiger charge is -2.20. The minimum Gasteiger partial charge on any atom is -0.497 e. The number of ether oxygens (including phenoxy) is 2. The van der Waals surface area contributed by atoms with Crippen LogP contribution in [0, 0.1) is 0 Å². The third kappa shape index (κ3) is 4.18.